The second kappa shape index (κ2) is 7.26. The van der Waals surface area contributed by atoms with E-state index in [4.69, 9.17) is 4.74 Å². The van der Waals surface area contributed by atoms with Gasteiger partial charge in [-0.05, 0) is 36.4 Å². The van der Waals surface area contributed by atoms with Crippen LogP contribution in [0.4, 0.5) is 4.39 Å². The molecule has 1 aromatic carbocycles. The van der Waals surface area contributed by atoms with Gasteiger partial charge in [0, 0.05) is 43.5 Å². The standard InChI is InChI=1S/C21H18FN3O3/c1-28-20-6-8-23-13-14(20)11-16(26)7-10-25-19-12-15(22)4-5-17(19)24-9-2-3-18(24)21(25)27/h2-6,8-9,12-13H,7,10-11H2,1H3. The molecule has 0 aliphatic heterocycles. The quantitative estimate of drug-likeness (QED) is 0.517. The van der Waals surface area contributed by atoms with Crippen molar-refractivity contribution in [2.45, 2.75) is 19.4 Å². The summed E-state index contributed by atoms with van der Waals surface area (Å²) in [5.41, 5.74) is 2.10. The largest absolute Gasteiger partial charge is 0.496 e. The molecular weight excluding hydrogens is 361 g/mol. The maximum absolute atomic E-state index is 13.8. The smallest absolute Gasteiger partial charge is 0.275 e. The highest BCUT2D eigenvalue weighted by Crippen LogP contribution is 2.19. The summed E-state index contributed by atoms with van der Waals surface area (Å²) in [6.45, 7) is 0.169. The van der Waals surface area contributed by atoms with Gasteiger partial charge in [0.1, 0.15) is 22.9 Å². The highest BCUT2D eigenvalue weighted by atomic mass is 19.1. The first-order chi connectivity index (χ1) is 13.6. The molecule has 0 saturated heterocycles. The number of ketones is 1. The van der Waals surface area contributed by atoms with E-state index in [0.29, 0.717) is 27.9 Å². The highest BCUT2D eigenvalue weighted by Gasteiger charge is 2.14. The first-order valence-electron chi connectivity index (χ1n) is 8.86. The molecule has 0 saturated carbocycles. The lowest BCUT2D eigenvalue weighted by atomic mass is 10.1. The number of hydrogen-bond donors (Lipinski definition) is 0. The molecule has 28 heavy (non-hydrogen) atoms. The number of Topliss-reactive ketones (excluding diaryl/α,β-unsaturated/α-hetero) is 1. The summed E-state index contributed by atoms with van der Waals surface area (Å²) < 4.78 is 22.3. The Morgan fingerprint density at radius 3 is 2.86 bits per heavy atom. The van der Waals surface area contributed by atoms with Crippen molar-refractivity contribution in [1.29, 1.82) is 0 Å². The average Bonchev–Trinajstić information content (AvgIpc) is 3.18. The Balaban J connectivity index is 1.65. The number of halogens is 1. The lowest BCUT2D eigenvalue weighted by molar-refractivity contribution is -0.118. The number of carbonyl (C=O) groups excluding carboxylic acids is 1. The molecule has 0 radical (unpaired) electrons. The van der Waals surface area contributed by atoms with E-state index in [0.717, 1.165) is 0 Å². The van der Waals surface area contributed by atoms with Gasteiger partial charge in [0.25, 0.3) is 5.56 Å². The minimum atomic E-state index is -0.432. The first-order valence-corrected chi connectivity index (χ1v) is 8.86. The van der Waals surface area contributed by atoms with Crippen molar-refractivity contribution < 1.29 is 13.9 Å². The third-order valence-electron chi connectivity index (χ3n) is 4.78. The first kappa shape index (κ1) is 17.9. The van der Waals surface area contributed by atoms with Crippen LogP contribution >= 0.6 is 0 Å². The maximum Gasteiger partial charge on any atom is 0.275 e. The van der Waals surface area contributed by atoms with Crippen LogP contribution in [0, 0.1) is 5.82 Å². The van der Waals surface area contributed by atoms with Crippen LogP contribution in [0.15, 0.2) is 59.8 Å². The van der Waals surface area contributed by atoms with Crippen LogP contribution < -0.4 is 10.3 Å². The number of fused-ring (bicyclic) bond motifs is 3. The predicted molar refractivity (Wildman–Crippen MR) is 103 cm³/mol. The number of carbonyl (C=O) groups is 1. The number of hydrogen-bond acceptors (Lipinski definition) is 4. The molecule has 0 fully saturated rings. The molecule has 4 aromatic rings. The fourth-order valence-electron chi connectivity index (χ4n) is 3.44. The molecule has 4 rings (SSSR count). The van der Waals surface area contributed by atoms with Gasteiger partial charge in [-0.3, -0.25) is 14.6 Å². The summed E-state index contributed by atoms with van der Waals surface area (Å²) in [4.78, 5) is 29.4. The lowest BCUT2D eigenvalue weighted by Crippen LogP contribution is -2.24. The summed E-state index contributed by atoms with van der Waals surface area (Å²) >= 11 is 0. The van der Waals surface area contributed by atoms with Gasteiger partial charge >= 0.3 is 0 Å². The van der Waals surface area contributed by atoms with E-state index in [1.54, 1.807) is 47.3 Å². The normalized spacial score (nSPS) is 11.2. The minimum Gasteiger partial charge on any atom is -0.496 e. The topological polar surface area (TPSA) is 65.6 Å². The second-order valence-electron chi connectivity index (χ2n) is 6.51. The van der Waals surface area contributed by atoms with E-state index >= 15 is 0 Å². The predicted octanol–water partition coefficient (Wildman–Crippen LogP) is 3.00. The third kappa shape index (κ3) is 3.15. The summed E-state index contributed by atoms with van der Waals surface area (Å²) in [6, 6.07) is 9.49. The molecule has 0 aliphatic carbocycles. The Bertz CT molecular complexity index is 1240. The number of rotatable bonds is 6. The minimum absolute atomic E-state index is 0.0574. The molecule has 0 bridgehead atoms. The van der Waals surface area contributed by atoms with Crippen LogP contribution in [-0.4, -0.2) is 26.8 Å². The fourth-order valence-corrected chi connectivity index (χ4v) is 3.44. The Kier molecular flexibility index (Phi) is 4.65. The summed E-state index contributed by atoms with van der Waals surface area (Å²) in [5.74, 6) is 0.110. The number of aryl methyl sites for hydroxylation is 1. The molecule has 142 valence electrons. The van der Waals surface area contributed by atoms with E-state index < -0.39 is 5.82 Å². The van der Waals surface area contributed by atoms with Gasteiger partial charge in [0.15, 0.2) is 0 Å². The molecule has 0 atom stereocenters. The van der Waals surface area contributed by atoms with E-state index in [9.17, 15) is 14.0 Å². The number of methoxy groups -OCH3 is 1. The molecule has 7 heteroatoms. The van der Waals surface area contributed by atoms with Crippen LogP contribution in [0.3, 0.4) is 0 Å². The van der Waals surface area contributed by atoms with Crippen LogP contribution in [0.5, 0.6) is 5.75 Å². The van der Waals surface area contributed by atoms with E-state index in [-0.39, 0.29) is 30.7 Å². The monoisotopic (exact) mass is 379 g/mol. The van der Waals surface area contributed by atoms with Crippen molar-refractivity contribution in [1.82, 2.24) is 14.0 Å². The summed E-state index contributed by atoms with van der Waals surface area (Å²) in [7, 11) is 1.54. The van der Waals surface area contributed by atoms with Crippen molar-refractivity contribution in [3.05, 3.63) is 76.7 Å². The van der Waals surface area contributed by atoms with Crippen molar-refractivity contribution in [2.24, 2.45) is 0 Å². The molecular formula is C21H18FN3O3. The average molecular weight is 379 g/mol. The number of pyridine rings is 1. The van der Waals surface area contributed by atoms with Crippen LogP contribution in [-0.2, 0) is 17.8 Å². The number of aromatic nitrogens is 3. The van der Waals surface area contributed by atoms with Gasteiger partial charge in [0.05, 0.1) is 18.1 Å². The van der Waals surface area contributed by atoms with Gasteiger partial charge in [-0.1, -0.05) is 0 Å². The van der Waals surface area contributed by atoms with Crippen molar-refractivity contribution in [3.8, 4) is 5.75 Å². The summed E-state index contributed by atoms with van der Waals surface area (Å²) in [6.07, 6.45) is 5.26. The van der Waals surface area contributed by atoms with Gasteiger partial charge in [-0.2, -0.15) is 0 Å². The van der Waals surface area contributed by atoms with E-state index in [1.807, 2.05) is 0 Å². The van der Waals surface area contributed by atoms with Crippen molar-refractivity contribution in [2.75, 3.05) is 7.11 Å². The van der Waals surface area contributed by atoms with E-state index in [2.05, 4.69) is 4.98 Å². The van der Waals surface area contributed by atoms with Crippen LogP contribution in [0.25, 0.3) is 16.6 Å². The molecule has 3 aromatic heterocycles. The van der Waals surface area contributed by atoms with Crippen LogP contribution in [0.2, 0.25) is 0 Å². The zero-order valence-electron chi connectivity index (χ0n) is 15.3. The summed E-state index contributed by atoms with van der Waals surface area (Å²) in [5, 5.41) is 0. The number of benzene rings is 1. The van der Waals surface area contributed by atoms with E-state index in [1.165, 1.54) is 23.8 Å². The Hall–Kier alpha value is -3.48. The third-order valence-corrected chi connectivity index (χ3v) is 4.78. The molecule has 0 aliphatic rings. The van der Waals surface area contributed by atoms with Gasteiger partial charge in [-0.15, -0.1) is 0 Å². The zero-order chi connectivity index (χ0) is 19.7. The SMILES string of the molecule is COc1ccncc1CC(=O)CCn1c(=O)c2cccn2c2ccc(F)cc21. The second-order valence-corrected chi connectivity index (χ2v) is 6.51. The molecule has 3 heterocycles. The fraction of sp³-hybridized carbons (Fsp3) is 0.190. The Morgan fingerprint density at radius 2 is 2.04 bits per heavy atom. The van der Waals surface area contributed by atoms with Crippen molar-refractivity contribution in [3.63, 3.8) is 0 Å². The molecule has 0 N–H and O–H groups in total. The molecule has 6 nitrogen and oxygen atoms in total. The Labute approximate surface area is 159 Å². The highest BCUT2D eigenvalue weighted by molar-refractivity contribution is 5.82. The van der Waals surface area contributed by atoms with Gasteiger partial charge in [-0.25, -0.2) is 4.39 Å². The molecule has 0 amide bonds. The Morgan fingerprint density at radius 1 is 1.18 bits per heavy atom. The zero-order valence-corrected chi connectivity index (χ0v) is 15.3. The maximum atomic E-state index is 13.8. The molecule has 0 unspecified atom stereocenters. The number of ether oxygens (including phenoxy) is 1. The number of nitrogens with zero attached hydrogens (tertiary/aromatic N) is 3. The van der Waals surface area contributed by atoms with Gasteiger partial charge < -0.3 is 13.7 Å². The van der Waals surface area contributed by atoms with Crippen LogP contribution in [0.1, 0.15) is 12.0 Å². The van der Waals surface area contributed by atoms with Gasteiger partial charge in [0.2, 0.25) is 0 Å². The molecule has 0 spiro atoms. The lowest BCUT2D eigenvalue weighted by Gasteiger charge is -2.13. The van der Waals surface area contributed by atoms with Crippen molar-refractivity contribution >= 4 is 22.3 Å².